The van der Waals surface area contributed by atoms with Gasteiger partial charge in [-0.3, -0.25) is 4.72 Å². The summed E-state index contributed by atoms with van der Waals surface area (Å²) < 4.78 is 28.1. The van der Waals surface area contributed by atoms with Crippen molar-refractivity contribution < 1.29 is 18.3 Å². The molecule has 0 fully saturated rings. The van der Waals surface area contributed by atoms with Gasteiger partial charge in [0.25, 0.3) is 10.0 Å². The number of halogens is 1. The molecule has 1 aromatic carbocycles. The van der Waals surface area contributed by atoms with E-state index in [2.05, 4.69) is 4.72 Å². The lowest BCUT2D eigenvalue weighted by Crippen LogP contribution is -2.12. The Bertz CT molecular complexity index is 768. The van der Waals surface area contributed by atoms with E-state index in [1.165, 1.54) is 30.5 Å². The first kappa shape index (κ1) is 14.4. The number of carbonyl (C=O) groups is 1. The quantitative estimate of drug-likeness (QED) is 0.905. The summed E-state index contributed by atoms with van der Waals surface area (Å²) in [6.45, 7) is 0. The van der Waals surface area contributed by atoms with Crippen molar-refractivity contribution in [3.8, 4) is 0 Å². The number of rotatable bonds is 4. The minimum atomic E-state index is -3.72. The first-order chi connectivity index (χ1) is 9.29. The number of carboxylic acids is 1. The topological polar surface area (TPSA) is 88.4 Å². The van der Waals surface area contributed by atoms with E-state index in [1.807, 2.05) is 0 Å². The van der Waals surface area contributed by atoms with Gasteiger partial charge in [0.15, 0.2) is 0 Å². The second kappa shape index (κ2) is 5.18. The molecule has 0 atom stereocenters. The van der Waals surface area contributed by atoms with Gasteiger partial charge in [-0.05, 0) is 24.3 Å². The normalized spacial score (nSPS) is 11.3. The summed E-state index contributed by atoms with van der Waals surface area (Å²) in [4.78, 5) is 10.9. The molecular weight excluding hydrogens is 304 g/mol. The van der Waals surface area contributed by atoms with Gasteiger partial charge in [0.05, 0.1) is 16.3 Å². The smallest absolute Gasteiger partial charge is 0.337 e. The third-order valence-corrected chi connectivity index (χ3v) is 4.25. The lowest BCUT2D eigenvalue weighted by molar-refractivity contribution is 0.0697. The molecule has 8 heteroatoms. The SMILES string of the molecule is Cn1ccc(S(=O)(=O)Nc2ccc(C(=O)O)c(Cl)c2)c1. The molecule has 0 aliphatic carbocycles. The number of aromatic carboxylic acids is 1. The standard InChI is InChI=1S/C12H11ClN2O4S/c1-15-5-4-9(7-15)20(18,19)14-8-2-3-10(12(16)17)11(13)6-8/h2-7,14H,1H3,(H,16,17). The molecule has 1 heterocycles. The number of anilines is 1. The Morgan fingerprint density at radius 3 is 2.55 bits per heavy atom. The van der Waals surface area contributed by atoms with Crippen LogP contribution in [0.15, 0.2) is 41.6 Å². The summed E-state index contributed by atoms with van der Waals surface area (Å²) in [5.74, 6) is -1.17. The Morgan fingerprint density at radius 2 is 2.05 bits per heavy atom. The Morgan fingerprint density at radius 1 is 1.35 bits per heavy atom. The van der Waals surface area contributed by atoms with E-state index in [4.69, 9.17) is 16.7 Å². The van der Waals surface area contributed by atoms with Crippen molar-refractivity contribution in [3.63, 3.8) is 0 Å². The van der Waals surface area contributed by atoms with Crippen molar-refractivity contribution in [1.82, 2.24) is 4.57 Å². The molecule has 2 rings (SSSR count). The van der Waals surface area contributed by atoms with Crippen LogP contribution < -0.4 is 4.72 Å². The van der Waals surface area contributed by atoms with Gasteiger partial charge in [-0.15, -0.1) is 0 Å². The molecule has 0 spiro atoms. The Balaban J connectivity index is 2.30. The van der Waals surface area contributed by atoms with E-state index in [0.717, 1.165) is 0 Å². The Kier molecular flexibility index (Phi) is 3.74. The maximum atomic E-state index is 12.1. The average molecular weight is 315 g/mol. The highest BCUT2D eigenvalue weighted by Gasteiger charge is 2.16. The van der Waals surface area contributed by atoms with Crippen LogP contribution >= 0.6 is 11.6 Å². The van der Waals surface area contributed by atoms with E-state index in [-0.39, 0.29) is 21.2 Å². The molecule has 2 N–H and O–H groups in total. The molecule has 0 saturated carbocycles. The number of nitrogens with one attached hydrogen (secondary N) is 1. The summed E-state index contributed by atoms with van der Waals surface area (Å²) in [6, 6.07) is 5.30. The summed E-state index contributed by atoms with van der Waals surface area (Å²) >= 11 is 5.78. The van der Waals surface area contributed by atoms with E-state index < -0.39 is 16.0 Å². The van der Waals surface area contributed by atoms with Crippen molar-refractivity contribution in [2.24, 2.45) is 7.05 Å². The summed E-state index contributed by atoms with van der Waals surface area (Å²) in [7, 11) is -2.01. The third-order valence-electron chi connectivity index (χ3n) is 2.57. The van der Waals surface area contributed by atoms with E-state index >= 15 is 0 Å². The van der Waals surface area contributed by atoms with Crippen LogP contribution in [0, 0.1) is 0 Å². The first-order valence-corrected chi connectivity index (χ1v) is 7.33. The van der Waals surface area contributed by atoms with Crippen LogP contribution in [0.25, 0.3) is 0 Å². The van der Waals surface area contributed by atoms with Crippen molar-refractivity contribution in [2.45, 2.75) is 4.90 Å². The number of nitrogens with zero attached hydrogens (tertiary/aromatic N) is 1. The number of hydrogen-bond acceptors (Lipinski definition) is 3. The molecule has 0 amide bonds. The molecule has 0 radical (unpaired) electrons. The number of sulfonamides is 1. The van der Waals surface area contributed by atoms with E-state index in [0.29, 0.717) is 0 Å². The van der Waals surface area contributed by atoms with Crippen LogP contribution in [0.3, 0.4) is 0 Å². The maximum absolute atomic E-state index is 12.1. The maximum Gasteiger partial charge on any atom is 0.337 e. The molecule has 20 heavy (non-hydrogen) atoms. The summed E-state index contributed by atoms with van der Waals surface area (Å²) in [5.41, 5.74) is 0.109. The van der Waals surface area contributed by atoms with Crippen molar-refractivity contribution >= 4 is 33.3 Å². The van der Waals surface area contributed by atoms with Crippen LogP contribution in [0.2, 0.25) is 5.02 Å². The number of aryl methyl sites for hydroxylation is 1. The molecule has 1 aromatic heterocycles. The zero-order chi connectivity index (χ0) is 14.9. The number of aromatic nitrogens is 1. The van der Waals surface area contributed by atoms with Gasteiger partial charge in [0.1, 0.15) is 4.90 Å². The van der Waals surface area contributed by atoms with Gasteiger partial charge in [0, 0.05) is 19.4 Å². The molecule has 0 unspecified atom stereocenters. The molecule has 106 valence electrons. The zero-order valence-electron chi connectivity index (χ0n) is 10.4. The van der Waals surface area contributed by atoms with E-state index in [9.17, 15) is 13.2 Å². The average Bonchev–Trinajstić information content (AvgIpc) is 2.75. The molecular formula is C12H11ClN2O4S. The highest BCUT2D eigenvalue weighted by Crippen LogP contribution is 2.23. The van der Waals surface area contributed by atoms with Gasteiger partial charge >= 0.3 is 5.97 Å². The highest BCUT2D eigenvalue weighted by atomic mass is 35.5. The minimum Gasteiger partial charge on any atom is -0.478 e. The van der Waals surface area contributed by atoms with E-state index in [1.54, 1.807) is 17.8 Å². The first-order valence-electron chi connectivity index (χ1n) is 5.47. The summed E-state index contributed by atoms with van der Waals surface area (Å²) in [5, 5.41) is 8.81. The van der Waals surface area contributed by atoms with Crippen molar-refractivity contribution in [2.75, 3.05) is 4.72 Å². The fourth-order valence-corrected chi connectivity index (χ4v) is 2.96. The molecule has 6 nitrogen and oxygen atoms in total. The lowest BCUT2D eigenvalue weighted by atomic mass is 10.2. The molecule has 0 saturated heterocycles. The lowest BCUT2D eigenvalue weighted by Gasteiger charge is -2.08. The Hall–Kier alpha value is -1.99. The second-order valence-corrected chi connectivity index (χ2v) is 6.21. The van der Waals surface area contributed by atoms with Crippen LogP contribution in [-0.2, 0) is 17.1 Å². The summed E-state index contributed by atoms with van der Waals surface area (Å²) in [6.07, 6.45) is 3.06. The van der Waals surface area contributed by atoms with Crippen LogP contribution in [0.4, 0.5) is 5.69 Å². The fourth-order valence-electron chi connectivity index (χ4n) is 1.60. The Labute approximate surface area is 120 Å². The van der Waals surface area contributed by atoms with Crippen LogP contribution in [0.1, 0.15) is 10.4 Å². The number of hydrogen-bond donors (Lipinski definition) is 2. The monoisotopic (exact) mass is 314 g/mol. The molecule has 0 aliphatic heterocycles. The van der Waals surface area contributed by atoms with Gasteiger partial charge in [-0.2, -0.15) is 0 Å². The minimum absolute atomic E-state index is 0.0363. The molecule has 0 bridgehead atoms. The largest absolute Gasteiger partial charge is 0.478 e. The predicted octanol–water partition coefficient (Wildman–Crippen LogP) is 2.18. The fraction of sp³-hybridized carbons (Fsp3) is 0.0833. The third kappa shape index (κ3) is 2.94. The van der Waals surface area contributed by atoms with Gasteiger partial charge in [0.2, 0.25) is 0 Å². The molecule has 0 aliphatic rings. The zero-order valence-corrected chi connectivity index (χ0v) is 11.9. The van der Waals surface area contributed by atoms with Gasteiger partial charge < -0.3 is 9.67 Å². The van der Waals surface area contributed by atoms with Gasteiger partial charge in [-0.1, -0.05) is 11.6 Å². The number of carboxylic acid groups (broad SMARTS) is 1. The second-order valence-electron chi connectivity index (χ2n) is 4.12. The predicted molar refractivity (Wildman–Crippen MR) is 74.6 cm³/mol. The van der Waals surface area contributed by atoms with Crippen LogP contribution in [-0.4, -0.2) is 24.1 Å². The van der Waals surface area contributed by atoms with Gasteiger partial charge in [-0.25, -0.2) is 13.2 Å². The van der Waals surface area contributed by atoms with Crippen LogP contribution in [0.5, 0.6) is 0 Å². The highest BCUT2D eigenvalue weighted by molar-refractivity contribution is 7.92. The van der Waals surface area contributed by atoms with Crippen molar-refractivity contribution in [1.29, 1.82) is 0 Å². The number of benzene rings is 1. The van der Waals surface area contributed by atoms with Crippen molar-refractivity contribution in [3.05, 3.63) is 47.2 Å². The molecule has 2 aromatic rings.